The van der Waals surface area contributed by atoms with Gasteiger partial charge in [-0.1, -0.05) is 0 Å². The molecule has 2 amide bonds. The van der Waals surface area contributed by atoms with E-state index in [-0.39, 0.29) is 35.1 Å². The number of imide groups is 1. The van der Waals surface area contributed by atoms with E-state index in [2.05, 4.69) is 15.3 Å². The van der Waals surface area contributed by atoms with Crippen LogP contribution in [-0.2, 0) is 14.4 Å². The molecule has 0 atom stereocenters. The summed E-state index contributed by atoms with van der Waals surface area (Å²) < 4.78 is 0. The number of carboxylic acid groups (broad SMARTS) is 1. The van der Waals surface area contributed by atoms with Crippen LogP contribution in [0, 0.1) is 16.7 Å². The number of piperidine rings is 2. The number of nitrogens with zero attached hydrogens (tertiary/aromatic N) is 4. The van der Waals surface area contributed by atoms with Crippen LogP contribution in [0.3, 0.4) is 0 Å². The molecule has 3 rings (SSSR count). The smallest absolute Gasteiger partial charge is 0.290 e. The minimum atomic E-state index is -0.250. The highest BCUT2D eigenvalue weighted by Crippen LogP contribution is 2.40. The van der Waals surface area contributed by atoms with Gasteiger partial charge in [-0.3, -0.25) is 19.7 Å². The van der Waals surface area contributed by atoms with E-state index in [1.165, 1.54) is 6.20 Å². The van der Waals surface area contributed by atoms with E-state index >= 15 is 0 Å². The highest BCUT2D eigenvalue weighted by molar-refractivity contribution is 5.98. The number of carbonyl (C=O) groups is 3. The van der Waals surface area contributed by atoms with E-state index in [4.69, 9.17) is 20.9 Å². The molecule has 0 aliphatic carbocycles. The van der Waals surface area contributed by atoms with E-state index in [0.717, 1.165) is 12.8 Å². The molecular weight excluding hydrogens is 328 g/mol. The number of nitrogen functional groups attached to an aromatic ring is 1. The van der Waals surface area contributed by atoms with Crippen LogP contribution in [-0.4, -0.2) is 46.5 Å². The highest BCUT2D eigenvalue weighted by Gasteiger charge is 2.42. The molecule has 10 heteroatoms. The number of hydrogen-bond acceptors (Lipinski definition) is 8. The van der Waals surface area contributed by atoms with Crippen molar-refractivity contribution in [2.24, 2.45) is 5.41 Å². The zero-order valence-electron chi connectivity index (χ0n) is 13.4. The molecular formula is C15H18N6O4. The lowest BCUT2D eigenvalue weighted by Crippen LogP contribution is -2.50. The average molecular weight is 346 g/mol. The monoisotopic (exact) mass is 346 g/mol. The van der Waals surface area contributed by atoms with Crippen molar-refractivity contribution in [1.29, 1.82) is 5.26 Å². The Morgan fingerprint density at radius 2 is 1.88 bits per heavy atom. The van der Waals surface area contributed by atoms with Crippen molar-refractivity contribution in [3.63, 3.8) is 0 Å². The fraction of sp³-hybridized carbons (Fsp3) is 0.467. The summed E-state index contributed by atoms with van der Waals surface area (Å²) in [4.78, 5) is 41.8. The Morgan fingerprint density at radius 3 is 2.36 bits per heavy atom. The average Bonchev–Trinajstić information content (AvgIpc) is 2.55. The van der Waals surface area contributed by atoms with E-state index < -0.39 is 0 Å². The largest absolute Gasteiger partial charge is 0.483 e. The van der Waals surface area contributed by atoms with Gasteiger partial charge in [-0.15, -0.1) is 0 Å². The van der Waals surface area contributed by atoms with E-state index in [9.17, 15) is 9.59 Å². The van der Waals surface area contributed by atoms with E-state index in [1.807, 2.05) is 11.0 Å². The molecule has 1 aromatic heterocycles. The lowest BCUT2D eigenvalue weighted by atomic mass is 9.71. The first-order chi connectivity index (χ1) is 11.9. The number of nitriles is 1. The van der Waals surface area contributed by atoms with Gasteiger partial charge in [0.05, 0.1) is 6.20 Å². The van der Waals surface area contributed by atoms with Gasteiger partial charge in [-0.2, -0.15) is 10.2 Å². The van der Waals surface area contributed by atoms with Gasteiger partial charge in [0.2, 0.25) is 17.8 Å². The fourth-order valence-corrected chi connectivity index (χ4v) is 3.15. The molecule has 2 aliphatic rings. The molecule has 0 unspecified atom stereocenters. The molecule has 25 heavy (non-hydrogen) atoms. The number of aromatic nitrogens is 2. The number of nitrogens with two attached hydrogens (primary N) is 1. The molecule has 2 fully saturated rings. The Morgan fingerprint density at radius 1 is 1.32 bits per heavy atom. The molecule has 0 bridgehead atoms. The minimum Gasteiger partial charge on any atom is -0.483 e. The molecule has 3 heterocycles. The third kappa shape index (κ3) is 4.20. The molecule has 1 spiro atoms. The Bertz CT molecular complexity index is 703. The second-order valence-electron chi connectivity index (χ2n) is 6.00. The summed E-state index contributed by atoms with van der Waals surface area (Å²) in [6, 6.07) is 1.93. The summed E-state index contributed by atoms with van der Waals surface area (Å²) in [5.41, 5.74) is 5.73. The van der Waals surface area contributed by atoms with Crippen molar-refractivity contribution in [3.8, 4) is 6.07 Å². The molecule has 0 saturated carbocycles. The Kier molecular flexibility index (Phi) is 5.49. The van der Waals surface area contributed by atoms with Gasteiger partial charge in [-0.25, -0.2) is 4.98 Å². The summed E-state index contributed by atoms with van der Waals surface area (Å²) in [5, 5.41) is 18.1. The number of nitrogens with one attached hydrogen (secondary N) is 1. The predicted octanol–water partition coefficient (Wildman–Crippen LogP) is -0.346. The van der Waals surface area contributed by atoms with Crippen molar-refractivity contribution < 1.29 is 19.5 Å². The number of carbonyl (C=O) groups excluding carboxylic acids is 2. The first-order valence-corrected chi connectivity index (χ1v) is 7.61. The highest BCUT2D eigenvalue weighted by atomic mass is 16.3. The van der Waals surface area contributed by atoms with Gasteiger partial charge >= 0.3 is 0 Å². The summed E-state index contributed by atoms with van der Waals surface area (Å²) in [5.74, 6) is 0.269. The third-order valence-electron chi connectivity index (χ3n) is 4.38. The van der Waals surface area contributed by atoms with Gasteiger partial charge in [0.25, 0.3) is 6.47 Å². The van der Waals surface area contributed by atoms with Crippen molar-refractivity contribution in [3.05, 3.63) is 11.8 Å². The van der Waals surface area contributed by atoms with E-state index in [1.54, 1.807) is 0 Å². The molecule has 2 aliphatic heterocycles. The third-order valence-corrected chi connectivity index (χ3v) is 4.38. The van der Waals surface area contributed by atoms with E-state index in [0.29, 0.717) is 31.9 Å². The summed E-state index contributed by atoms with van der Waals surface area (Å²) in [6.07, 6.45) is 3.66. The molecule has 132 valence electrons. The number of rotatable bonds is 1. The molecule has 0 aromatic carbocycles. The molecule has 2 saturated heterocycles. The minimum absolute atomic E-state index is 0.167. The maximum Gasteiger partial charge on any atom is 0.290 e. The molecule has 10 nitrogen and oxygen atoms in total. The topological polar surface area (TPSA) is 162 Å². The normalized spacial score (nSPS) is 18.6. The maximum absolute atomic E-state index is 11.6. The Labute approximate surface area is 143 Å². The quantitative estimate of drug-likeness (QED) is 0.455. The zero-order chi connectivity index (χ0) is 18.4. The Balaban J connectivity index is 0.000000701. The predicted molar refractivity (Wildman–Crippen MR) is 86.1 cm³/mol. The first kappa shape index (κ1) is 18.1. The second kappa shape index (κ2) is 7.57. The lowest BCUT2D eigenvalue weighted by molar-refractivity contribution is -0.138. The standard InChI is InChI=1S/C14H16N6O2.CH2O2/c15-7-9-8-17-13(19-12(9)16)20-3-1-14(2-4-20)5-10(21)18-11(22)6-14;2-1-3/h8H,1-6H2,(H2,16,17,19)(H,18,21,22);1H,(H,2,3). The van der Waals surface area contributed by atoms with Crippen LogP contribution in [0.2, 0.25) is 0 Å². The SMILES string of the molecule is N#Cc1cnc(N2CCC3(CC2)CC(=O)NC(=O)C3)nc1N.O=CO. The van der Waals surface area contributed by atoms with Crippen LogP contribution in [0.5, 0.6) is 0 Å². The number of amides is 2. The number of anilines is 2. The van der Waals surface area contributed by atoms with Crippen LogP contribution >= 0.6 is 0 Å². The van der Waals surface area contributed by atoms with Gasteiger partial charge in [-0.05, 0) is 18.3 Å². The van der Waals surface area contributed by atoms with Crippen molar-refractivity contribution >= 4 is 30.1 Å². The van der Waals surface area contributed by atoms with Gasteiger partial charge in [0.1, 0.15) is 17.5 Å². The van der Waals surface area contributed by atoms with Crippen LogP contribution in [0.1, 0.15) is 31.2 Å². The van der Waals surface area contributed by atoms with Gasteiger partial charge < -0.3 is 15.7 Å². The molecule has 4 N–H and O–H groups in total. The van der Waals surface area contributed by atoms with Crippen molar-refractivity contribution in [1.82, 2.24) is 15.3 Å². The summed E-state index contributed by atoms with van der Waals surface area (Å²) >= 11 is 0. The lowest BCUT2D eigenvalue weighted by Gasteiger charge is -2.42. The summed E-state index contributed by atoms with van der Waals surface area (Å²) in [6.45, 7) is 1.07. The van der Waals surface area contributed by atoms with Gasteiger partial charge in [0.15, 0.2) is 0 Å². The van der Waals surface area contributed by atoms with Crippen LogP contribution in [0.25, 0.3) is 0 Å². The van der Waals surface area contributed by atoms with Gasteiger partial charge in [0, 0.05) is 25.9 Å². The van der Waals surface area contributed by atoms with Crippen LogP contribution in [0.4, 0.5) is 11.8 Å². The molecule has 0 radical (unpaired) electrons. The molecule has 1 aromatic rings. The zero-order valence-corrected chi connectivity index (χ0v) is 13.4. The van der Waals surface area contributed by atoms with Crippen molar-refractivity contribution in [2.45, 2.75) is 25.7 Å². The summed E-state index contributed by atoms with van der Waals surface area (Å²) in [7, 11) is 0. The maximum atomic E-state index is 11.6. The second-order valence-corrected chi connectivity index (χ2v) is 6.00. The van der Waals surface area contributed by atoms with Crippen LogP contribution in [0.15, 0.2) is 6.20 Å². The first-order valence-electron chi connectivity index (χ1n) is 7.61. The fourth-order valence-electron chi connectivity index (χ4n) is 3.15. The Hall–Kier alpha value is -3.22. The van der Waals surface area contributed by atoms with Crippen LogP contribution < -0.4 is 16.0 Å². The number of hydrogen-bond donors (Lipinski definition) is 3. The van der Waals surface area contributed by atoms with Crippen molar-refractivity contribution in [2.75, 3.05) is 23.7 Å².